The van der Waals surface area contributed by atoms with Crippen molar-refractivity contribution in [3.63, 3.8) is 0 Å². The Morgan fingerprint density at radius 1 is 1.40 bits per heavy atom. The molecule has 1 aliphatic carbocycles. The molecule has 1 aliphatic rings. The summed E-state index contributed by atoms with van der Waals surface area (Å²) >= 11 is 1.57. The molecule has 0 radical (unpaired) electrons. The number of amides is 1. The molecule has 106 valence electrons. The lowest BCUT2D eigenvalue weighted by Gasteiger charge is -2.21. The molecule has 1 aromatic rings. The van der Waals surface area contributed by atoms with Gasteiger partial charge in [-0.05, 0) is 30.5 Å². The summed E-state index contributed by atoms with van der Waals surface area (Å²) in [5.74, 6) is 1.31. The van der Waals surface area contributed by atoms with Gasteiger partial charge < -0.3 is 10.0 Å². The maximum absolute atomic E-state index is 12.1. The van der Waals surface area contributed by atoms with Gasteiger partial charge >= 0.3 is 0 Å². The van der Waals surface area contributed by atoms with Crippen LogP contribution in [0.2, 0.25) is 0 Å². The third-order valence-corrected chi connectivity index (χ3v) is 4.21. The van der Waals surface area contributed by atoms with E-state index in [1.807, 2.05) is 12.1 Å². The van der Waals surface area contributed by atoms with Crippen molar-refractivity contribution in [3.05, 3.63) is 35.4 Å². The zero-order chi connectivity index (χ0) is 14.4. The number of carbonyl (C=O) groups is 1. The number of nitrogens with zero attached hydrogens (tertiary/aromatic N) is 2. The average molecular weight is 290 g/mol. The lowest BCUT2D eigenvalue weighted by molar-refractivity contribution is -0.129. The number of aliphatic hydroxyl groups is 1. The van der Waals surface area contributed by atoms with Gasteiger partial charge in [-0.15, -0.1) is 11.8 Å². The molecule has 1 aromatic carbocycles. The first-order valence-corrected chi connectivity index (χ1v) is 7.87. The van der Waals surface area contributed by atoms with Crippen molar-refractivity contribution in [1.82, 2.24) is 4.90 Å². The minimum atomic E-state index is 0.0303. The van der Waals surface area contributed by atoms with E-state index in [1.54, 1.807) is 28.8 Å². The number of hydrogen-bond acceptors (Lipinski definition) is 4. The minimum absolute atomic E-state index is 0.0303. The van der Waals surface area contributed by atoms with Crippen LogP contribution in [0.1, 0.15) is 24.0 Å². The molecule has 0 aliphatic heterocycles. The van der Waals surface area contributed by atoms with Crippen molar-refractivity contribution >= 4 is 17.7 Å². The van der Waals surface area contributed by atoms with Crippen LogP contribution < -0.4 is 0 Å². The first kappa shape index (κ1) is 14.9. The molecule has 0 saturated heterocycles. The second-order valence-electron chi connectivity index (χ2n) is 4.84. The first-order chi connectivity index (χ1) is 9.74. The van der Waals surface area contributed by atoms with Gasteiger partial charge in [0.2, 0.25) is 5.91 Å². The van der Waals surface area contributed by atoms with Crippen LogP contribution in [-0.4, -0.2) is 40.9 Å². The van der Waals surface area contributed by atoms with Crippen LogP contribution in [-0.2, 0) is 10.5 Å². The molecule has 5 heteroatoms. The molecule has 1 saturated carbocycles. The molecule has 0 unspecified atom stereocenters. The van der Waals surface area contributed by atoms with Crippen LogP contribution in [0.15, 0.2) is 24.3 Å². The van der Waals surface area contributed by atoms with Crippen LogP contribution in [0.25, 0.3) is 0 Å². The highest BCUT2D eigenvalue weighted by atomic mass is 32.2. The summed E-state index contributed by atoms with van der Waals surface area (Å²) in [6.45, 7) is 0.476. The van der Waals surface area contributed by atoms with Gasteiger partial charge in [0.25, 0.3) is 0 Å². The maximum Gasteiger partial charge on any atom is 0.232 e. The van der Waals surface area contributed by atoms with Gasteiger partial charge in [-0.25, -0.2) is 0 Å². The van der Waals surface area contributed by atoms with E-state index in [2.05, 4.69) is 6.07 Å². The first-order valence-electron chi connectivity index (χ1n) is 6.71. The van der Waals surface area contributed by atoms with Crippen LogP contribution >= 0.6 is 11.8 Å². The number of hydrogen-bond donors (Lipinski definition) is 1. The van der Waals surface area contributed by atoms with Crippen molar-refractivity contribution in [3.8, 4) is 6.07 Å². The molecule has 0 spiro atoms. The minimum Gasteiger partial charge on any atom is -0.395 e. The van der Waals surface area contributed by atoms with E-state index in [0.717, 1.165) is 24.2 Å². The number of thioether (sulfide) groups is 1. The fraction of sp³-hybridized carbons (Fsp3) is 0.467. The van der Waals surface area contributed by atoms with Gasteiger partial charge in [0.05, 0.1) is 24.0 Å². The largest absolute Gasteiger partial charge is 0.395 e. The molecule has 1 amide bonds. The molecule has 0 heterocycles. The van der Waals surface area contributed by atoms with E-state index < -0.39 is 0 Å². The maximum atomic E-state index is 12.1. The highest BCUT2D eigenvalue weighted by molar-refractivity contribution is 7.99. The Bertz CT molecular complexity index is 492. The summed E-state index contributed by atoms with van der Waals surface area (Å²) in [6.07, 6.45) is 2.12. The quantitative estimate of drug-likeness (QED) is 0.831. The van der Waals surface area contributed by atoms with E-state index in [9.17, 15) is 4.79 Å². The lowest BCUT2D eigenvalue weighted by Crippen LogP contribution is -2.36. The third kappa shape index (κ3) is 4.26. The molecule has 1 fully saturated rings. The van der Waals surface area contributed by atoms with Gasteiger partial charge in [-0.2, -0.15) is 5.26 Å². The zero-order valence-corrected chi connectivity index (χ0v) is 12.1. The summed E-state index contributed by atoms with van der Waals surface area (Å²) < 4.78 is 0. The van der Waals surface area contributed by atoms with E-state index in [0.29, 0.717) is 23.9 Å². The Labute approximate surface area is 123 Å². The summed E-state index contributed by atoms with van der Waals surface area (Å²) in [7, 11) is 0. The molecular weight excluding hydrogens is 272 g/mol. The summed E-state index contributed by atoms with van der Waals surface area (Å²) in [5.41, 5.74) is 1.76. The smallest absolute Gasteiger partial charge is 0.232 e. The fourth-order valence-corrected chi connectivity index (χ4v) is 2.89. The van der Waals surface area contributed by atoms with Crippen molar-refractivity contribution < 1.29 is 9.90 Å². The fourth-order valence-electron chi connectivity index (χ4n) is 2.02. The summed E-state index contributed by atoms with van der Waals surface area (Å²) in [4.78, 5) is 13.9. The predicted octanol–water partition coefficient (Wildman–Crippen LogP) is 1.77. The molecule has 0 aromatic heterocycles. The normalized spacial score (nSPS) is 13.8. The van der Waals surface area contributed by atoms with Crippen LogP contribution in [0.4, 0.5) is 0 Å². The van der Waals surface area contributed by atoms with Crippen LogP contribution in [0, 0.1) is 11.3 Å². The standard InChI is InChI=1S/C15H18N2O2S/c16-9-12-1-3-13(4-2-12)10-20-11-15(19)17(7-8-18)14-5-6-14/h1-4,14,18H,5-8,10-11H2. The molecule has 4 nitrogen and oxygen atoms in total. The molecule has 2 rings (SSSR count). The van der Waals surface area contributed by atoms with Crippen molar-refractivity contribution in [2.75, 3.05) is 18.9 Å². The third-order valence-electron chi connectivity index (χ3n) is 3.23. The second-order valence-corrected chi connectivity index (χ2v) is 5.83. The van der Waals surface area contributed by atoms with Crippen molar-refractivity contribution in [2.45, 2.75) is 24.6 Å². The topological polar surface area (TPSA) is 64.3 Å². The summed E-state index contributed by atoms with van der Waals surface area (Å²) in [5, 5.41) is 17.7. The Hall–Kier alpha value is -1.51. The Morgan fingerprint density at radius 3 is 2.65 bits per heavy atom. The van der Waals surface area contributed by atoms with E-state index >= 15 is 0 Å². The number of nitriles is 1. The summed E-state index contributed by atoms with van der Waals surface area (Å²) in [6, 6.07) is 9.86. The zero-order valence-electron chi connectivity index (χ0n) is 11.3. The molecule has 1 N–H and O–H groups in total. The Balaban J connectivity index is 1.76. The number of aliphatic hydroxyl groups excluding tert-OH is 1. The molecule has 0 atom stereocenters. The van der Waals surface area contributed by atoms with Crippen molar-refractivity contribution in [1.29, 1.82) is 5.26 Å². The van der Waals surface area contributed by atoms with E-state index in [1.165, 1.54) is 0 Å². The number of benzene rings is 1. The average Bonchev–Trinajstić information content (AvgIpc) is 3.30. The van der Waals surface area contributed by atoms with Gasteiger partial charge in [0.1, 0.15) is 0 Å². The SMILES string of the molecule is N#Cc1ccc(CSCC(=O)N(CCO)C2CC2)cc1. The number of rotatable bonds is 7. The van der Waals surface area contributed by atoms with Gasteiger partial charge in [0, 0.05) is 18.3 Å². The van der Waals surface area contributed by atoms with Crippen molar-refractivity contribution in [2.24, 2.45) is 0 Å². The molecule has 0 bridgehead atoms. The van der Waals surface area contributed by atoms with Crippen LogP contribution in [0.5, 0.6) is 0 Å². The Morgan fingerprint density at radius 2 is 2.10 bits per heavy atom. The Kier molecular flexibility index (Phi) is 5.45. The highest BCUT2D eigenvalue weighted by Gasteiger charge is 2.31. The lowest BCUT2D eigenvalue weighted by atomic mass is 10.2. The predicted molar refractivity (Wildman–Crippen MR) is 79.1 cm³/mol. The van der Waals surface area contributed by atoms with Crippen LogP contribution in [0.3, 0.4) is 0 Å². The number of carbonyl (C=O) groups excluding carboxylic acids is 1. The second kappa shape index (κ2) is 7.32. The van der Waals surface area contributed by atoms with Gasteiger partial charge in [0.15, 0.2) is 0 Å². The van der Waals surface area contributed by atoms with E-state index in [4.69, 9.17) is 10.4 Å². The highest BCUT2D eigenvalue weighted by Crippen LogP contribution is 2.27. The van der Waals surface area contributed by atoms with Gasteiger partial charge in [-0.1, -0.05) is 12.1 Å². The molecule has 20 heavy (non-hydrogen) atoms. The monoisotopic (exact) mass is 290 g/mol. The van der Waals surface area contributed by atoms with E-state index in [-0.39, 0.29) is 12.5 Å². The molecular formula is C15H18N2O2S. The van der Waals surface area contributed by atoms with Gasteiger partial charge in [-0.3, -0.25) is 4.79 Å².